The number of allylic oxidation sites excluding steroid dienone is 2. The molecule has 72 valence electrons. The van der Waals surface area contributed by atoms with E-state index in [1.165, 1.54) is 24.8 Å². The van der Waals surface area contributed by atoms with Crippen LogP contribution in [0.1, 0.15) is 32.6 Å². The highest BCUT2D eigenvalue weighted by atomic mass is 16.1. The highest BCUT2D eigenvalue weighted by Gasteiger charge is 2.01. The maximum Gasteiger partial charge on any atom is 0.213 e. The summed E-state index contributed by atoms with van der Waals surface area (Å²) < 4.78 is 0. The lowest BCUT2D eigenvalue weighted by atomic mass is 10.1. The van der Waals surface area contributed by atoms with Crippen LogP contribution in [0.25, 0.3) is 0 Å². The van der Waals surface area contributed by atoms with Crippen LogP contribution >= 0.6 is 0 Å². The van der Waals surface area contributed by atoms with Crippen LogP contribution in [0.3, 0.4) is 0 Å². The van der Waals surface area contributed by atoms with Gasteiger partial charge in [0.25, 0.3) is 0 Å². The van der Waals surface area contributed by atoms with E-state index >= 15 is 0 Å². The molecule has 2 nitrogen and oxygen atoms in total. The van der Waals surface area contributed by atoms with Crippen molar-refractivity contribution in [1.29, 1.82) is 0 Å². The van der Waals surface area contributed by atoms with Crippen LogP contribution in [0.2, 0.25) is 0 Å². The molecule has 0 fully saturated rings. The Bertz CT molecular complexity index is 218. The van der Waals surface area contributed by atoms with E-state index in [2.05, 4.69) is 13.0 Å². The van der Waals surface area contributed by atoms with Gasteiger partial charge in [-0.3, -0.25) is 4.79 Å². The van der Waals surface area contributed by atoms with Crippen molar-refractivity contribution in [3.8, 4) is 0 Å². The van der Waals surface area contributed by atoms with Crippen LogP contribution in [0, 0.1) is 0 Å². The summed E-state index contributed by atoms with van der Waals surface area (Å²) in [5, 5.41) is 0. The van der Waals surface area contributed by atoms with E-state index in [0.29, 0.717) is 0 Å². The van der Waals surface area contributed by atoms with Gasteiger partial charge in [-0.05, 0) is 24.5 Å². The van der Waals surface area contributed by atoms with Crippen molar-refractivity contribution in [3.05, 3.63) is 23.9 Å². The van der Waals surface area contributed by atoms with E-state index in [4.69, 9.17) is 0 Å². The lowest BCUT2D eigenvalue weighted by molar-refractivity contribution is -0.115. The van der Waals surface area contributed by atoms with Crippen molar-refractivity contribution < 1.29 is 4.79 Å². The SMILES string of the molecule is CCCCCC1=CCN(C=O)C=C1. The van der Waals surface area contributed by atoms with Gasteiger partial charge in [0.2, 0.25) is 6.41 Å². The number of carbonyl (C=O) groups excluding carboxylic acids is 1. The molecule has 0 N–H and O–H groups in total. The third-order valence-electron chi connectivity index (χ3n) is 2.25. The van der Waals surface area contributed by atoms with Gasteiger partial charge in [0.1, 0.15) is 0 Å². The molecule has 1 rings (SSSR count). The molecule has 0 aromatic carbocycles. The topological polar surface area (TPSA) is 20.3 Å². The number of unbranched alkanes of at least 4 members (excludes halogenated alkanes) is 2. The van der Waals surface area contributed by atoms with Crippen molar-refractivity contribution in [2.24, 2.45) is 0 Å². The first-order valence-electron chi connectivity index (χ1n) is 4.95. The summed E-state index contributed by atoms with van der Waals surface area (Å²) in [5.74, 6) is 0. The van der Waals surface area contributed by atoms with Crippen molar-refractivity contribution in [1.82, 2.24) is 4.90 Å². The van der Waals surface area contributed by atoms with E-state index in [9.17, 15) is 4.79 Å². The summed E-state index contributed by atoms with van der Waals surface area (Å²) in [6, 6.07) is 0. The first-order chi connectivity index (χ1) is 6.36. The molecule has 1 aliphatic rings. The number of hydrogen-bond acceptors (Lipinski definition) is 1. The van der Waals surface area contributed by atoms with Crippen molar-refractivity contribution >= 4 is 6.41 Å². The third kappa shape index (κ3) is 3.45. The predicted octanol–water partition coefficient (Wildman–Crippen LogP) is 2.48. The Morgan fingerprint density at radius 2 is 2.38 bits per heavy atom. The second kappa shape index (κ2) is 5.57. The molecule has 0 atom stereocenters. The highest BCUT2D eigenvalue weighted by molar-refractivity contribution is 5.51. The zero-order valence-electron chi connectivity index (χ0n) is 8.20. The Kier molecular flexibility index (Phi) is 4.30. The second-order valence-electron chi connectivity index (χ2n) is 3.35. The van der Waals surface area contributed by atoms with Gasteiger partial charge in [0, 0.05) is 12.7 Å². The first-order valence-corrected chi connectivity index (χ1v) is 4.95. The number of hydrogen-bond donors (Lipinski definition) is 0. The van der Waals surface area contributed by atoms with E-state index < -0.39 is 0 Å². The zero-order valence-corrected chi connectivity index (χ0v) is 8.20. The minimum absolute atomic E-state index is 0.738. The lowest BCUT2D eigenvalue weighted by Gasteiger charge is -2.15. The van der Waals surface area contributed by atoms with Crippen LogP contribution < -0.4 is 0 Å². The summed E-state index contributed by atoms with van der Waals surface area (Å²) in [7, 11) is 0. The second-order valence-corrected chi connectivity index (χ2v) is 3.35. The molecule has 13 heavy (non-hydrogen) atoms. The van der Waals surface area contributed by atoms with Crippen LogP contribution in [0.4, 0.5) is 0 Å². The molecule has 0 aromatic heterocycles. The quantitative estimate of drug-likeness (QED) is 0.469. The summed E-state index contributed by atoms with van der Waals surface area (Å²) in [6.07, 6.45) is 11.8. The summed E-state index contributed by atoms with van der Waals surface area (Å²) in [6.45, 7) is 2.95. The minimum Gasteiger partial charge on any atom is -0.318 e. The van der Waals surface area contributed by atoms with E-state index in [1.807, 2.05) is 12.3 Å². The zero-order chi connectivity index (χ0) is 9.52. The molecule has 0 radical (unpaired) electrons. The molecular formula is C11H17NO. The van der Waals surface area contributed by atoms with Crippen LogP contribution in [-0.4, -0.2) is 17.9 Å². The summed E-state index contributed by atoms with van der Waals surface area (Å²) in [4.78, 5) is 12.0. The first kappa shape index (κ1) is 10.0. The normalized spacial score (nSPS) is 15.8. The van der Waals surface area contributed by atoms with Crippen molar-refractivity contribution in [3.63, 3.8) is 0 Å². The van der Waals surface area contributed by atoms with Gasteiger partial charge in [0.05, 0.1) is 0 Å². The van der Waals surface area contributed by atoms with Crippen LogP contribution in [0.15, 0.2) is 23.9 Å². The van der Waals surface area contributed by atoms with Gasteiger partial charge >= 0.3 is 0 Å². The van der Waals surface area contributed by atoms with E-state index in [-0.39, 0.29) is 0 Å². The third-order valence-corrected chi connectivity index (χ3v) is 2.25. The fourth-order valence-corrected chi connectivity index (χ4v) is 1.39. The largest absolute Gasteiger partial charge is 0.318 e. The van der Waals surface area contributed by atoms with Gasteiger partial charge in [-0.1, -0.05) is 25.8 Å². The lowest BCUT2D eigenvalue weighted by Crippen LogP contribution is -2.17. The molecule has 0 bridgehead atoms. The van der Waals surface area contributed by atoms with Gasteiger partial charge < -0.3 is 4.90 Å². The Morgan fingerprint density at radius 3 is 2.92 bits per heavy atom. The molecule has 0 unspecified atom stereocenters. The Labute approximate surface area is 79.9 Å². The van der Waals surface area contributed by atoms with Gasteiger partial charge in [0.15, 0.2) is 0 Å². The van der Waals surface area contributed by atoms with E-state index in [1.54, 1.807) is 4.90 Å². The fraction of sp³-hybridized carbons (Fsp3) is 0.545. The Morgan fingerprint density at radius 1 is 1.54 bits per heavy atom. The minimum atomic E-state index is 0.738. The number of carbonyl (C=O) groups is 1. The van der Waals surface area contributed by atoms with Gasteiger partial charge in [-0.15, -0.1) is 0 Å². The molecule has 0 aliphatic carbocycles. The number of rotatable bonds is 5. The van der Waals surface area contributed by atoms with E-state index in [0.717, 1.165) is 19.4 Å². The predicted molar refractivity (Wildman–Crippen MR) is 54.1 cm³/mol. The van der Waals surface area contributed by atoms with Gasteiger partial charge in [-0.2, -0.15) is 0 Å². The number of amides is 1. The molecular weight excluding hydrogens is 162 g/mol. The van der Waals surface area contributed by atoms with Gasteiger partial charge in [-0.25, -0.2) is 0 Å². The standard InChI is InChI=1S/C11H17NO/c1-2-3-4-5-11-6-8-12(10-13)9-7-11/h6-8,10H,2-5,9H2,1H3. The highest BCUT2D eigenvalue weighted by Crippen LogP contribution is 2.13. The Hall–Kier alpha value is -1.05. The molecule has 0 saturated heterocycles. The van der Waals surface area contributed by atoms with Crippen molar-refractivity contribution in [2.75, 3.05) is 6.54 Å². The average molecular weight is 179 g/mol. The Balaban J connectivity index is 2.26. The summed E-state index contributed by atoms with van der Waals surface area (Å²) in [5.41, 5.74) is 1.37. The summed E-state index contributed by atoms with van der Waals surface area (Å²) >= 11 is 0. The fourth-order valence-electron chi connectivity index (χ4n) is 1.39. The smallest absolute Gasteiger partial charge is 0.213 e. The maximum absolute atomic E-state index is 10.4. The maximum atomic E-state index is 10.4. The monoisotopic (exact) mass is 179 g/mol. The molecule has 0 saturated carbocycles. The average Bonchev–Trinajstić information content (AvgIpc) is 2.19. The molecule has 1 amide bonds. The molecule has 1 heterocycles. The molecule has 0 aromatic rings. The number of nitrogens with zero attached hydrogens (tertiary/aromatic N) is 1. The van der Waals surface area contributed by atoms with Crippen molar-refractivity contribution in [2.45, 2.75) is 32.6 Å². The van der Waals surface area contributed by atoms with Crippen LogP contribution in [0.5, 0.6) is 0 Å². The molecule has 1 aliphatic heterocycles. The molecule has 0 spiro atoms. The molecule has 2 heteroatoms. The van der Waals surface area contributed by atoms with Crippen LogP contribution in [-0.2, 0) is 4.79 Å².